The molecule has 0 radical (unpaired) electrons. The lowest BCUT2D eigenvalue weighted by molar-refractivity contribution is -0.142. The number of hydrogen-bond acceptors (Lipinski definition) is 15. The third kappa shape index (κ3) is 18.7. The number of nitrogens with zero attached hydrogens (tertiary/aromatic N) is 1. The number of carbonyl (C=O) groups excluding carboxylic acids is 11. The zero-order valence-electron chi connectivity index (χ0n) is 39.1. The summed E-state index contributed by atoms with van der Waals surface area (Å²) in [5.41, 5.74) is 22.9. The number of phenolic OH excluding ortho intramolecular Hbond substituents is 1. The first kappa shape index (κ1) is 57.2. The van der Waals surface area contributed by atoms with E-state index in [0.29, 0.717) is 18.4 Å². The summed E-state index contributed by atoms with van der Waals surface area (Å²) in [6.07, 6.45) is -0.694. The molecule has 11 amide bonds. The van der Waals surface area contributed by atoms with Crippen molar-refractivity contribution < 1.29 is 57.8 Å². The van der Waals surface area contributed by atoms with E-state index in [9.17, 15) is 57.8 Å². The lowest BCUT2D eigenvalue weighted by atomic mass is 9.96. The van der Waals surface area contributed by atoms with Crippen molar-refractivity contribution in [2.75, 3.05) is 24.6 Å². The number of carbonyl (C=O) groups is 11. The summed E-state index contributed by atoms with van der Waals surface area (Å²) >= 11 is 0. The Bertz CT molecular complexity index is 2050. The van der Waals surface area contributed by atoms with Gasteiger partial charge in [-0.1, -0.05) is 67.8 Å². The summed E-state index contributed by atoms with van der Waals surface area (Å²) < 4.78 is 0. The standard InChI is InChI=1S/C43H66N12O12S2/c1-5-22(4)35-42(66)49-26(12-13-32(45)57)38(62)51-29(17-33(46)58)39(63)53-30(20-69-68-19-25(44)36(60)50-28(40(64)54-35)16-23-8-10-24(56)11-9-23)43(67)55-14-6-7-31(55)41(65)52-27(15-21(2)3)37(61)48-18-34(47)59/h8-11,21-22,25-31,35,56H,5-7,12-20,44H2,1-4H3,(H2,45,57)(H2,46,58)(H2,47,59)(H,48,61)(H,49,66)(H,50,60)(H,51,62)(H,52,65)(H,53,63)(H,54,64)/t22-,25-,26?,27-,28?,29-,30?,31-,35-/m0/s1. The number of aromatic hydroxyl groups is 1. The highest BCUT2D eigenvalue weighted by Crippen LogP contribution is 2.26. The van der Waals surface area contributed by atoms with Crippen LogP contribution in [0.25, 0.3) is 0 Å². The van der Waals surface area contributed by atoms with Gasteiger partial charge in [0, 0.05) is 30.9 Å². The molecule has 16 N–H and O–H groups in total. The summed E-state index contributed by atoms with van der Waals surface area (Å²) in [7, 11) is 2.05. The van der Waals surface area contributed by atoms with Gasteiger partial charge in [-0.3, -0.25) is 52.7 Å². The fraction of sp³-hybridized carbons (Fsp3) is 0.605. The highest BCUT2D eigenvalue weighted by Gasteiger charge is 2.41. The van der Waals surface area contributed by atoms with E-state index in [1.807, 2.05) is 13.8 Å². The van der Waals surface area contributed by atoms with Crippen molar-refractivity contribution in [1.29, 1.82) is 0 Å². The summed E-state index contributed by atoms with van der Waals surface area (Å²) in [4.78, 5) is 148. The molecule has 3 rings (SSSR count). The van der Waals surface area contributed by atoms with Crippen LogP contribution in [-0.4, -0.2) is 148 Å². The van der Waals surface area contributed by atoms with Crippen molar-refractivity contribution in [3.63, 3.8) is 0 Å². The van der Waals surface area contributed by atoms with Gasteiger partial charge in [0.25, 0.3) is 0 Å². The van der Waals surface area contributed by atoms with Crippen LogP contribution in [0.3, 0.4) is 0 Å². The van der Waals surface area contributed by atoms with Crippen molar-refractivity contribution in [3.8, 4) is 5.75 Å². The van der Waals surface area contributed by atoms with Gasteiger partial charge in [0.1, 0.15) is 48.0 Å². The van der Waals surface area contributed by atoms with Crippen LogP contribution in [0.2, 0.25) is 0 Å². The minimum atomic E-state index is -1.75. The lowest BCUT2D eigenvalue weighted by Crippen LogP contribution is -2.61. The number of nitrogens with one attached hydrogen (secondary N) is 7. The number of phenols is 1. The van der Waals surface area contributed by atoms with E-state index < -0.39 is 145 Å². The van der Waals surface area contributed by atoms with Crippen LogP contribution in [0.4, 0.5) is 0 Å². The molecule has 2 saturated heterocycles. The Kier molecular flexibility index (Phi) is 23.0. The van der Waals surface area contributed by atoms with Crippen molar-refractivity contribution >= 4 is 86.6 Å². The molecule has 1 aromatic rings. The number of likely N-dealkylation sites (tertiary alicyclic amines) is 1. The SMILES string of the molecule is CC[C@H](C)[C@@H]1NC(=O)C(Cc2ccc(O)cc2)NC(=O)[C@@H](N)CSSCC(C(=O)N2CCC[C@H]2C(=O)N[C@@H](CC(C)C)C(=O)NCC(N)=O)NC(=O)[C@H](CC(N)=O)NC(=O)C(CCC(N)=O)NC1=O. The van der Waals surface area contributed by atoms with Crippen molar-refractivity contribution in [2.45, 2.75) is 127 Å². The van der Waals surface area contributed by atoms with Crippen molar-refractivity contribution in [3.05, 3.63) is 29.8 Å². The quantitative estimate of drug-likeness (QED) is 0.0671. The van der Waals surface area contributed by atoms with Gasteiger partial charge in [0.2, 0.25) is 65.0 Å². The van der Waals surface area contributed by atoms with Gasteiger partial charge < -0.3 is 70.2 Å². The smallest absolute Gasteiger partial charge is 0.246 e. The molecule has 69 heavy (non-hydrogen) atoms. The number of hydrogen-bond donors (Lipinski definition) is 12. The van der Waals surface area contributed by atoms with Gasteiger partial charge >= 0.3 is 0 Å². The molecule has 0 aromatic heterocycles. The minimum absolute atomic E-state index is 0.0468. The summed E-state index contributed by atoms with van der Waals surface area (Å²) in [6, 6.07) is -5.05. The predicted molar refractivity (Wildman–Crippen MR) is 254 cm³/mol. The Morgan fingerprint density at radius 2 is 1.39 bits per heavy atom. The van der Waals surface area contributed by atoms with Gasteiger partial charge in [-0.05, 0) is 55.2 Å². The maximum atomic E-state index is 14.5. The van der Waals surface area contributed by atoms with Gasteiger partial charge in [0.05, 0.1) is 19.0 Å². The van der Waals surface area contributed by atoms with Gasteiger partial charge in [-0.25, -0.2) is 0 Å². The molecule has 24 nitrogen and oxygen atoms in total. The molecule has 2 aliphatic heterocycles. The van der Waals surface area contributed by atoms with Crippen LogP contribution >= 0.6 is 21.6 Å². The predicted octanol–water partition coefficient (Wildman–Crippen LogP) is -3.61. The maximum Gasteiger partial charge on any atom is 0.246 e. The number of rotatable bonds is 17. The Morgan fingerprint density at radius 1 is 0.783 bits per heavy atom. The maximum absolute atomic E-state index is 14.5. The summed E-state index contributed by atoms with van der Waals surface area (Å²) in [6.45, 7) is 6.60. The highest BCUT2D eigenvalue weighted by molar-refractivity contribution is 8.76. The second-order valence-electron chi connectivity index (χ2n) is 17.4. The molecule has 0 spiro atoms. The first-order chi connectivity index (χ1) is 32.5. The molecular weight excluding hydrogens is 941 g/mol. The van der Waals surface area contributed by atoms with Crippen LogP contribution in [0.5, 0.6) is 5.75 Å². The monoisotopic (exact) mass is 1010 g/mol. The van der Waals surface area contributed by atoms with E-state index in [1.54, 1.807) is 13.8 Å². The highest BCUT2D eigenvalue weighted by atomic mass is 33.1. The van der Waals surface area contributed by atoms with E-state index in [1.165, 1.54) is 29.2 Å². The third-order valence-corrected chi connectivity index (χ3v) is 13.7. The number of primary amides is 3. The van der Waals surface area contributed by atoms with E-state index in [0.717, 1.165) is 21.6 Å². The van der Waals surface area contributed by atoms with Gasteiger partial charge in [-0.15, -0.1) is 0 Å². The molecule has 26 heteroatoms. The largest absolute Gasteiger partial charge is 0.508 e. The average Bonchev–Trinajstić information content (AvgIpc) is 3.78. The molecule has 1 aromatic carbocycles. The number of benzene rings is 1. The molecule has 3 unspecified atom stereocenters. The molecule has 2 heterocycles. The molecule has 382 valence electrons. The molecule has 0 bridgehead atoms. The van der Waals surface area contributed by atoms with Crippen LogP contribution in [0.1, 0.15) is 78.2 Å². The van der Waals surface area contributed by atoms with Crippen LogP contribution in [0, 0.1) is 11.8 Å². The zero-order valence-corrected chi connectivity index (χ0v) is 40.7. The Labute approximate surface area is 407 Å². The Hall–Kier alpha value is -6.15. The van der Waals surface area contributed by atoms with Crippen molar-refractivity contribution in [2.24, 2.45) is 34.8 Å². The Morgan fingerprint density at radius 3 is 2.00 bits per heavy atom. The lowest BCUT2D eigenvalue weighted by Gasteiger charge is -2.31. The zero-order chi connectivity index (χ0) is 51.5. The van der Waals surface area contributed by atoms with Crippen LogP contribution in [-0.2, 0) is 59.2 Å². The van der Waals surface area contributed by atoms with E-state index in [2.05, 4.69) is 37.2 Å². The molecular formula is C43H66N12O12S2. The molecule has 0 aliphatic carbocycles. The van der Waals surface area contributed by atoms with E-state index in [-0.39, 0.29) is 49.0 Å². The molecule has 2 fully saturated rings. The van der Waals surface area contributed by atoms with E-state index in [4.69, 9.17) is 22.9 Å². The molecule has 0 saturated carbocycles. The molecule has 9 atom stereocenters. The fourth-order valence-electron chi connectivity index (χ4n) is 7.34. The van der Waals surface area contributed by atoms with E-state index >= 15 is 0 Å². The second kappa shape index (κ2) is 27.7. The van der Waals surface area contributed by atoms with Crippen LogP contribution < -0.4 is 60.2 Å². The van der Waals surface area contributed by atoms with Gasteiger partial charge in [0.15, 0.2) is 0 Å². The first-order valence-electron chi connectivity index (χ1n) is 22.5. The third-order valence-electron chi connectivity index (χ3n) is 11.3. The second-order valence-corrected chi connectivity index (χ2v) is 20.0. The number of nitrogens with two attached hydrogens (primary N) is 4. The topological polar surface area (TPSA) is 400 Å². The summed E-state index contributed by atoms with van der Waals surface area (Å²) in [5.74, 6) is -10.4. The minimum Gasteiger partial charge on any atom is -0.508 e. The van der Waals surface area contributed by atoms with Crippen molar-refractivity contribution in [1.82, 2.24) is 42.1 Å². The normalized spacial score (nSPS) is 24.3. The summed E-state index contributed by atoms with van der Waals surface area (Å²) in [5, 5.41) is 27.7. The fourth-order valence-corrected chi connectivity index (χ4v) is 9.62. The molecule has 2 aliphatic rings. The Balaban J connectivity index is 2.05. The van der Waals surface area contributed by atoms with Crippen LogP contribution in [0.15, 0.2) is 24.3 Å². The first-order valence-corrected chi connectivity index (χ1v) is 25.0. The van der Waals surface area contributed by atoms with Gasteiger partial charge in [-0.2, -0.15) is 0 Å². The average molecular weight is 1010 g/mol. The number of amides is 11.